The van der Waals surface area contributed by atoms with Crippen molar-refractivity contribution >= 4 is 46.4 Å². The van der Waals surface area contributed by atoms with Crippen molar-refractivity contribution in [2.75, 3.05) is 22.6 Å². The van der Waals surface area contributed by atoms with Gasteiger partial charge < -0.3 is 20.1 Å². The van der Waals surface area contributed by atoms with E-state index in [9.17, 15) is 14.4 Å². The molecule has 0 atom stereocenters. The summed E-state index contributed by atoms with van der Waals surface area (Å²) in [4.78, 5) is 39.7. The van der Waals surface area contributed by atoms with Crippen molar-refractivity contribution in [1.82, 2.24) is 0 Å². The molecule has 0 saturated heterocycles. The molecule has 0 spiro atoms. The lowest BCUT2D eigenvalue weighted by Gasteiger charge is -2.16. The summed E-state index contributed by atoms with van der Waals surface area (Å²) < 4.78 is 11.0. The largest absolute Gasteiger partial charge is 0.495 e. The highest BCUT2D eigenvalue weighted by atomic mass is 35.5. The predicted octanol–water partition coefficient (Wildman–Crippen LogP) is 6.18. The van der Waals surface area contributed by atoms with Gasteiger partial charge in [-0.1, -0.05) is 41.9 Å². The number of anilines is 3. The van der Waals surface area contributed by atoms with E-state index in [-0.39, 0.29) is 16.6 Å². The number of ether oxygens (including phenoxy) is 2. The average Bonchev–Trinajstić information content (AvgIpc) is 3.17. The Morgan fingerprint density at radius 1 is 0.769 bits per heavy atom. The molecule has 0 bridgehead atoms. The van der Waals surface area contributed by atoms with Crippen LogP contribution in [0.2, 0.25) is 0 Å². The Hall–Kier alpha value is -5.08. The zero-order valence-corrected chi connectivity index (χ0v) is 21.4. The highest BCUT2D eigenvalue weighted by Gasteiger charge is 2.39. The van der Waals surface area contributed by atoms with Gasteiger partial charge in [0.2, 0.25) is 0 Å². The molecule has 0 aliphatic carbocycles. The topological polar surface area (TPSA) is 97.0 Å². The molecule has 1 aliphatic rings. The molecule has 5 rings (SSSR count). The van der Waals surface area contributed by atoms with E-state index in [1.54, 1.807) is 72.8 Å². The molecule has 4 aromatic carbocycles. The molecule has 8 nitrogen and oxygen atoms in total. The van der Waals surface area contributed by atoms with Gasteiger partial charge in [0.15, 0.2) is 0 Å². The van der Waals surface area contributed by atoms with Crippen molar-refractivity contribution in [1.29, 1.82) is 0 Å². The molecule has 194 valence electrons. The summed E-state index contributed by atoms with van der Waals surface area (Å²) in [6, 6.07) is 29.3. The van der Waals surface area contributed by atoms with Crippen molar-refractivity contribution in [2.45, 2.75) is 0 Å². The molecule has 0 unspecified atom stereocenters. The Kier molecular flexibility index (Phi) is 7.29. The number of carbonyl (C=O) groups is 3. The Morgan fingerprint density at radius 2 is 1.41 bits per heavy atom. The van der Waals surface area contributed by atoms with Gasteiger partial charge in [0.1, 0.15) is 28.0 Å². The van der Waals surface area contributed by atoms with Crippen LogP contribution in [0.25, 0.3) is 0 Å². The van der Waals surface area contributed by atoms with Gasteiger partial charge in [-0.25, -0.2) is 4.90 Å². The number of amides is 3. The summed E-state index contributed by atoms with van der Waals surface area (Å²) in [6.45, 7) is 0. The lowest BCUT2D eigenvalue weighted by Crippen LogP contribution is -2.32. The monoisotopic (exact) mass is 539 g/mol. The lowest BCUT2D eigenvalue weighted by molar-refractivity contribution is -0.120. The number of carbonyl (C=O) groups excluding carboxylic acids is 3. The van der Waals surface area contributed by atoms with Crippen LogP contribution in [0.1, 0.15) is 10.4 Å². The number of nitrogens with one attached hydrogen (secondary N) is 2. The zero-order valence-electron chi connectivity index (χ0n) is 20.7. The molecule has 0 fully saturated rings. The highest BCUT2D eigenvalue weighted by Crippen LogP contribution is 2.32. The van der Waals surface area contributed by atoms with E-state index in [1.807, 2.05) is 30.3 Å². The molecule has 0 saturated carbocycles. The highest BCUT2D eigenvalue weighted by molar-refractivity contribution is 6.53. The second kappa shape index (κ2) is 11.1. The van der Waals surface area contributed by atoms with E-state index in [4.69, 9.17) is 21.1 Å². The second-order valence-corrected chi connectivity index (χ2v) is 8.78. The van der Waals surface area contributed by atoms with Crippen LogP contribution in [0.3, 0.4) is 0 Å². The number of para-hydroxylation sites is 3. The molecule has 0 radical (unpaired) electrons. The minimum absolute atomic E-state index is 0.0579. The van der Waals surface area contributed by atoms with E-state index in [1.165, 1.54) is 7.11 Å². The fourth-order valence-corrected chi connectivity index (χ4v) is 4.14. The van der Waals surface area contributed by atoms with Gasteiger partial charge >= 0.3 is 0 Å². The Morgan fingerprint density at radius 3 is 2.10 bits per heavy atom. The number of hydrogen-bond donors (Lipinski definition) is 2. The van der Waals surface area contributed by atoms with Gasteiger partial charge in [-0.3, -0.25) is 14.4 Å². The van der Waals surface area contributed by atoms with Crippen LogP contribution in [0.15, 0.2) is 114 Å². The van der Waals surface area contributed by atoms with E-state index in [2.05, 4.69) is 10.6 Å². The summed E-state index contributed by atoms with van der Waals surface area (Å²) in [5.41, 5.74) is 1.70. The maximum absolute atomic E-state index is 13.1. The third-order valence-corrected chi connectivity index (χ3v) is 6.22. The quantitative estimate of drug-likeness (QED) is 0.260. The van der Waals surface area contributed by atoms with Crippen LogP contribution < -0.4 is 25.0 Å². The molecule has 0 aromatic heterocycles. The maximum atomic E-state index is 13.1. The van der Waals surface area contributed by atoms with Crippen molar-refractivity contribution in [3.05, 3.63) is 119 Å². The first-order chi connectivity index (χ1) is 18.9. The van der Waals surface area contributed by atoms with E-state index >= 15 is 0 Å². The fourth-order valence-electron chi connectivity index (χ4n) is 3.93. The van der Waals surface area contributed by atoms with Crippen LogP contribution in [-0.4, -0.2) is 24.8 Å². The number of halogens is 1. The lowest BCUT2D eigenvalue weighted by atomic mass is 10.1. The van der Waals surface area contributed by atoms with Crippen molar-refractivity contribution < 1.29 is 23.9 Å². The first-order valence-electron chi connectivity index (χ1n) is 11.9. The SMILES string of the molecule is COc1ccccc1NC(=O)c1ccc(NC2=C(Cl)C(=O)N(c3ccc(Oc4ccccc4)cc3)C2=O)cc1. The van der Waals surface area contributed by atoms with Crippen molar-refractivity contribution in [2.24, 2.45) is 0 Å². The number of methoxy groups -OCH3 is 1. The number of imide groups is 1. The third kappa shape index (κ3) is 5.46. The fraction of sp³-hybridized carbons (Fsp3) is 0.0333. The molecular formula is C30H22ClN3O5. The molecule has 1 aliphatic heterocycles. The first kappa shape index (κ1) is 25.6. The van der Waals surface area contributed by atoms with E-state index < -0.39 is 11.8 Å². The Balaban J connectivity index is 1.26. The van der Waals surface area contributed by atoms with Gasteiger partial charge in [-0.05, 0) is 72.8 Å². The molecule has 1 heterocycles. The summed E-state index contributed by atoms with van der Waals surface area (Å²) in [6.07, 6.45) is 0. The predicted molar refractivity (Wildman–Crippen MR) is 149 cm³/mol. The minimum atomic E-state index is -0.645. The van der Waals surface area contributed by atoms with Crippen molar-refractivity contribution in [3.63, 3.8) is 0 Å². The Bertz CT molecular complexity index is 1570. The molecule has 3 amide bonds. The van der Waals surface area contributed by atoms with Gasteiger partial charge in [-0.2, -0.15) is 0 Å². The second-order valence-electron chi connectivity index (χ2n) is 8.40. The van der Waals surface area contributed by atoms with Crippen LogP contribution in [-0.2, 0) is 9.59 Å². The van der Waals surface area contributed by atoms with Crippen LogP contribution >= 0.6 is 11.6 Å². The zero-order chi connectivity index (χ0) is 27.4. The number of rotatable bonds is 8. The van der Waals surface area contributed by atoms with E-state index in [0.717, 1.165) is 4.90 Å². The molecule has 9 heteroatoms. The molecule has 4 aromatic rings. The van der Waals surface area contributed by atoms with Crippen molar-refractivity contribution in [3.8, 4) is 17.2 Å². The van der Waals surface area contributed by atoms with Crippen LogP contribution in [0.5, 0.6) is 17.2 Å². The third-order valence-electron chi connectivity index (χ3n) is 5.87. The minimum Gasteiger partial charge on any atom is -0.495 e. The maximum Gasteiger partial charge on any atom is 0.283 e. The normalized spacial score (nSPS) is 12.9. The molecular weight excluding hydrogens is 518 g/mol. The first-order valence-corrected chi connectivity index (χ1v) is 12.3. The van der Waals surface area contributed by atoms with Crippen LogP contribution in [0.4, 0.5) is 17.1 Å². The number of nitrogens with zero attached hydrogens (tertiary/aromatic N) is 1. The summed E-state index contributed by atoms with van der Waals surface area (Å²) >= 11 is 6.26. The Labute approximate surface area is 229 Å². The van der Waals surface area contributed by atoms with Gasteiger partial charge in [0, 0.05) is 11.3 Å². The summed E-state index contributed by atoms with van der Waals surface area (Å²) in [5.74, 6) is 0.182. The van der Waals surface area contributed by atoms with Gasteiger partial charge in [0.05, 0.1) is 18.5 Å². The number of hydrogen-bond acceptors (Lipinski definition) is 6. The average molecular weight is 540 g/mol. The standard InChI is InChI=1S/C30H22ClN3O5/c1-38-25-10-6-5-9-24(25)33-28(35)19-11-13-20(14-12-19)32-27-26(31)29(36)34(30(27)37)21-15-17-23(18-16-21)39-22-7-3-2-4-8-22/h2-18,32H,1H3,(H,33,35). The molecule has 2 N–H and O–H groups in total. The smallest absolute Gasteiger partial charge is 0.283 e. The summed E-state index contributed by atoms with van der Waals surface area (Å²) in [7, 11) is 1.52. The molecule has 39 heavy (non-hydrogen) atoms. The van der Waals surface area contributed by atoms with Gasteiger partial charge in [-0.15, -0.1) is 0 Å². The van der Waals surface area contributed by atoms with E-state index in [0.29, 0.717) is 39.9 Å². The van der Waals surface area contributed by atoms with Crippen LogP contribution in [0, 0.1) is 0 Å². The van der Waals surface area contributed by atoms with Gasteiger partial charge in [0.25, 0.3) is 17.7 Å². The number of benzene rings is 4. The summed E-state index contributed by atoms with van der Waals surface area (Å²) in [5, 5.41) is 5.48.